The Labute approximate surface area is 550 Å². The summed E-state index contributed by atoms with van der Waals surface area (Å²) in [6.07, 6.45) is 0.374. The molecule has 0 aliphatic rings. The summed E-state index contributed by atoms with van der Waals surface area (Å²) in [5, 5.41) is 42.5. The molecule has 28 N–H and O–H groups in total. The predicted molar refractivity (Wildman–Crippen MR) is 351 cm³/mol. The number of guanidine groups is 2. The lowest BCUT2D eigenvalue weighted by molar-refractivity contribution is -0.143. The van der Waals surface area contributed by atoms with Crippen LogP contribution in [-0.2, 0) is 70.4 Å². The molecule has 2 aromatic carbocycles. The Morgan fingerprint density at radius 2 is 0.958 bits per heavy atom. The zero-order valence-electron chi connectivity index (χ0n) is 54.0. The second-order valence-corrected chi connectivity index (χ2v) is 23.3. The van der Waals surface area contributed by atoms with Crippen LogP contribution in [0.4, 0.5) is 0 Å². The molecule has 0 aliphatic carbocycles. The molecule has 0 radical (unpaired) electrons. The maximum atomic E-state index is 14.6. The van der Waals surface area contributed by atoms with Crippen LogP contribution in [0.2, 0.25) is 0 Å². The van der Waals surface area contributed by atoms with Gasteiger partial charge in [0, 0.05) is 43.0 Å². The summed E-state index contributed by atoms with van der Waals surface area (Å²) in [7, 11) is 0. The summed E-state index contributed by atoms with van der Waals surface area (Å²) in [6, 6.07) is 1.05. The SMILES string of the molecule is CC[C@H](C)[C@H](NC(=O)[C@H](CC(N)=O)NC(=O)[C@H](CCCN=C(N)N)NC(=O)[C@H](CCC(N)=O)NC(=O)[C@H](Cc1c[nH]c2ccccc12)NC(=O)[C@@H](N)Cc1ccccc1)C(=O)N[C@@H](CCCN=C(N)N)C(=O)N[C@@H](CCCCN)C(=O)N[C@H](C(=O)N[C@@H](CO)C(=O)O)C(C)C. The second-order valence-electron chi connectivity index (χ2n) is 23.3. The molecule has 0 unspecified atom stereocenters. The number of aliphatic hydroxyl groups is 1. The second kappa shape index (κ2) is 40.9. The van der Waals surface area contributed by atoms with Gasteiger partial charge in [-0.05, 0) is 93.4 Å². The van der Waals surface area contributed by atoms with Crippen molar-refractivity contribution < 1.29 is 67.7 Å². The van der Waals surface area contributed by atoms with E-state index in [0.717, 1.165) is 16.5 Å². The van der Waals surface area contributed by atoms with Crippen LogP contribution in [0.3, 0.4) is 0 Å². The van der Waals surface area contributed by atoms with E-state index in [1.807, 2.05) is 6.07 Å². The fourth-order valence-corrected chi connectivity index (χ4v) is 9.78. The summed E-state index contributed by atoms with van der Waals surface area (Å²) in [6.45, 7) is 5.52. The van der Waals surface area contributed by atoms with Gasteiger partial charge in [-0.25, -0.2) is 4.79 Å². The van der Waals surface area contributed by atoms with Crippen molar-refractivity contribution in [1.29, 1.82) is 0 Å². The standard InChI is InChI=1S/C61H96N20O14/c1-5-33(4)49(58(93)76-41(21-14-26-71-61(68)69)51(86)73-39(19-11-12-24-62)54(89)80-48(32(2)3)57(92)79-45(31-82)59(94)95)81-56(91)44(29-47(65)84)78-52(87)40(20-13-25-70-60(66)67)74-53(88)42(22-23-46(64)83)75-55(90)43(28-35-30-72-38-18-10-9-17-36(35)38)77-50(85)37(63)27-34-15-7-6-8-16-34/h6-10,15-18,30,32-33,37,39-45,48-49,72,82H,5,11-14,19-29,31,62-63H2,1-4H3,(H2,64,83)(H2,65,84)(H,73,86)(H,74,88)(H,75,90)(H,76,93)(H,77,85)(H,78,87)(H,79,92)(H,80,89)(H,81,91)(H,94,95)(H4,66,67,70)(H4,68,69,71)/t33-,37-,39-,40-,41-,42-,43-,44-,45-,48-,49-/m0/s1. The lowest BCUT2D eigenvalue weighted by Crippen LogP contribution is -2.62. The molecule has 3 aromatic rings. The Balaban J connectivity index is 2.00. The molecule has 11 amide bonds. The maximum Gasteiger partial charge on any atom is 0.328 e. The van der Waals surface area contributed by atoms with Gasteiger partial charge in [0.1, 0.15) is 54.4 Å². The lowest BCUT2D eigenvalue weighted by atomic mass is 9.96. The van der Waals surface area contributed by atoms with Crippen LogP contribution in [-0.4, -0.2) is 185 Å². The molecule has 0 saturated heterocycles. The van der Waals surface area contributed by atoms with E-state index >= 15 is 0 Å². The van der Waals surface area contributed by atoms with Crippen molar-refractivity contribution in [2.45, 2.75) is 172 Å². The van der Waals surface area contributed by atoms with Crippen molar-refractivity contribution in [3.8, 4) is 0 Å². The molecule has 1 aromatic heterocycles. The number of nitrogens with one attached hydrogen (secondary N) is 10. The summed E-state index contributed by atoms with van der Waals surface area (Å²) >= 11 is 0. The van der Waals surface area contributed by atoms with E-state index in [1.165, 1.54) is 0 Å². The Bertz CT molecular complexity index is 3140. The van der Waals surface area contributed by atoms with Gasteiger partial charge in [-0.1, -0.05) is 82.6 Å². The molecular formula is C61H96N20O14. The quantitative estimate of drug-likeness (QED) is 0.0143. The number of hydrogen-bond donors (Lipinski definition) is 20. The highest BCUT2D eigenvalue weighted by Gasteiger charge is 2.38. The van der Waals surface area contributed by atoms with Gasteiger partial charge in [0.05, 0.1) is 19.1 Å². The maximum absolute atomic E-state index is 14.6. The summed E-state index contributed by atoms with van der Waals surface area (Å²) < 4.78 is 0. The number of fused-ring (bicyclic) bond motifs is 1. The van der Waals surface area contributed by atoms with Crippen molar-refractivity contribution in [2.75, 3.05) is 26.2 Å². The van der Waals surface area contributed by atoms with Gasteiger partial charge in [-0.2, -0.15) is 0 Å². The number of nitrogens with zero attached hydrogens (tertiary/aromatic N) is 2. The van der Waals surface area contributed by atoms with Crippen LogP contribution in [0, 0.1) is 11.8 Å². The number of carbonyl (C=O) groups is 12. The van der Waals surface area contributed by atoms with Crippen LogP contribution in [0.15, 0.2) is 70.8 Å². The number of primary amides is 2. The van der Waals surface area contributed by atoms with Gasteiger partial charge in [-0.3, -0.25) is 62.7 Å². The molecule has 1 heterocycles. The Morgan fingerprint density at radius 1 is 0.505 bits per heavy atom. The van der Waals surface area contributed by atoms with Crippen molar-refractivity contribution in [3.63, 3.8) is 0 Å². The van der Waals surface area contributed by atoms with Crippen molar-refractivity contribution >= 4 is 93.8 Å². The van der Waals surface area contributed by atoms with E-state index in [2.05, 4.69) is 62.8 Å². The van der Waals surface area contributed by atoms with Crippen LogP contribution in [0.5, 0.6) is 0 Å². The van der Waals surface area contributed by atoms with Crippen molar-refractivity contribution in [2.24, 2.45) is 67.7 Å². The number of carbonyl (C=O) groups excluding carboxylic acids is 11. The van der Waals surface area contributed by atoms with Gasteiger partial charge in [-0.15, -0.1) is 0 Å². The molecule has 34 nitrogen and oxygen atoms in total. The number of hydrogen-bond acceptors (Lipinski definition) is 17. The van der Waals surface area contributed by atoms with Crippen LogP contribution < -0.4 is 93.7 Å². The first kappa shape index (κ1) is 79.3. The number of aromatic amines is 1. The molecule has 3 rings (SSSR count). The molecule has 0 bridgehead atoms. The summed E-state index contributed by atoms with van der Waals surface area (Å²) in [5.74, 6) is -14.0. The number of aromatic nitrogens is 1. The van der Waals surface area contributed by atoms with Gasteiger partial charge in [0.25, 0.3) is 0 Å². The highest BCUT2D eigenvalue weighted by atomic mass is 16.4. The predicted octanol–water partition coefficient (Wildman–Crippen LogP) is -5.20. The van der Waals surface area contributed by atoms with Gasteiger partial charge < -0.3 is 109 Å². The number of benzene rings is 2. The lowest BCUT2D eigenvalue weighted by Gasteiger charge is -2.30. The number of aliphatic carboxylic acids is 1. The minimum atomic E-state index is -1.86. The van der Waals surface area contributed by atoms with E-state index in [1.54, 1.807) is 82.4 Å². The number of para-hydroxylation sites is 1. The van der Waals surface area contributed by atoms with Gasteiger partial charge >= 0.3 is 5.97 Å². The highest BCUT2D eigenvalue weighted by molar-refractivity contribution is 6.00. The fraction of sp³-hybridized carbons (Fsp3) is 0.541. The van der Waals surface area contributed by atoms with Crippen LogP contribution >= 0.6 is 0 Å². The normalized spacial score (nSPS) is 14.6. The zero-order valence-corrected chi connectivity index (χ0v) is 54.0. The van der Waals surface area contributed by atoms with Gasteiger partial charge in [0.2, 0.25) is 65.0 Å². The number of carboxylic acid groups (broad SMARTS) is 1. The first-order valence-electron chi connectivity index (χ1n) is 31.3. The third-order valence-corrected chi connectivity index (χ3v) is 15.3. The van der Waals surface area contributed by atoms with E-state index in [9.17, 15) is 67.7 Å². The number of rotatable bonds is 44. The molecule has 524 valence electrons. The van der Waals surface area contributed by atoms with E-state index in [-0.39, 0.29) is 89.3 Å². The van der Waals surface area contributed by atoms with Crippen LogP contribution in [0.1, 0.15) is 109 Å². The minimum Gasteiger partial charge on any atom is -0.480 e. The average Bonchev–Trinajstić information content (AvgIpc) is 1.75. The fourth-order valence-electron chi connectivity index (χ4n) is 9.78. The highest BCUT2D eigenvalue weighted by Crippen LogP contribution is 2.20. The summed E-state index contributed by atoms with van der Waals surface area (Å²) in [5.41, 5.74) is 47.5. The number of H-pyrrole nitrogens is 1. The van der Waals surface area contributed by atoms with E-state index in [4.69, 9.17) is 45.9 Å². The first-order valence-corrected chi connectivity index (χ1v) is 31.3. The Hall–Kier alpha value is -9.96. The number of unbranched alkanes of at least 4 members (excludes halogenated alkanes) is 1. The number of amides is 11. The minimum absolute atomic E-state index is 0.00464. The number of aliphatic imine (C=N–C) groups is 2. The Kier molecular flexibility index (Phi) is 34.1. The first-order chi connectivity index (χ1) is 45.0. The molecule has 95 heavy (non-hydrogen) atoms. The molecule has 34 heteroatoms. The van der Waals surface area contributed by atoms with Gasteiger partial charge in [0.15, 0.2) is 11.9 Å². The Morgan fingerprint density at radius 3 is 1.46 bits per heavy atom. The number of aliphatic hydroxyl groups excluding tert-OH is 1. The zero-order chi connectivity index (χ0) is 70.9. The smallest absolute Gasteiger partial charge is 0.328 e. The van der Waals surface area contributed by atoms with Crippen molar-refractivity contribution in [1.82, 2.24) is 52.8 Å². The molecule has 0 saturated carbocycles. The number of carboxylic acids is 1. The van der Waals surface area contributed by atoms with E-state index in [0.29, 0.717) is 12.0 Å². The largest absolute Gasteiger partial charge is 0.480 e. The topological polar surface area (TPSA) is 602 Å². The molecule has 0 fully saturated rings. The van der Waals surface area contributed by atoms with E-state index < -0.39 is 169 Å². The third-order valence-electron chi connectivity index (χ3n) is 15.3. The average molecular weight is 1330 g/mol. The third kappa shape index (κ3) is 28.0. The molecule has 11 atom stereocenters. The molecular weight excluding hydrogens is 1240 g/mol. The molecule has 0 aliphatic heterocycles. The monoisotopic (exact) mass is 1330 g/mol. The molecule has 0 spiro atoms. The van der Waals surface area contributed by atoms with Crippen molar-refractivity contribution in [3.05, 3.63) is 71.9 Å². The summed E-state index contributed by atoms with van der Waals surface area (Å²) in [4.78, 5) is 176. The van der Waals surface area contributed by atoms with Crippen LogP contribution in [0.25, 0.3) is 10.9 Å². The number of nitrogens with two attached hydrogens (primary N) is 8.